The Balaban J connectivity index is 0.000000205. The molecule has 7 rings (SSSR count). The Morgan fingerprint density at radius 3 is 1.71 bits per heavy atom. The number of benzene rings is 5. The van der Waals surface area contributed by atoms with E-state index in [9.17, 15) is 54.2 Å². The SMILES string of the molecule is O=C(O)C(O)(C(=O)c1ccccc1)C(O)(C(=O)O)C(=O)c1ccccc1.OC1c2ccc(OCc3ccccc3)cc2OCC1N1CCC(O)(c2ccc(F)cc2)CC1. The number of halogens is 1. The van der Waals surface area contributed by atoms with E-state index in [1.54, 1.807) is 12.1 Å². The van der Waals surface area contributed by atoms with Crippen molar-refractivity contribution in [3.05, 3.63) is 167 Å². The third-order valence-corrected chi connectivity index (χ3v) is 10.7. The van der Waals surface area contributed by atoms with Gasteiger partial charge in [-0.3, -0.25) is 14.5 Å². The minimum absolute atomic E-state index is 0.189. The second-order valence-corrected chi connectivity index (χ2v) is 14.3. The fourth-order valence-corrected chi connectivity index (χ4v) is 7.20. The van der Waals surface area contributed by atoms with Gasteiger partial charge in [-0.25, -0.2) is 14.0 Å². The van der Waals surface area contributed by atoms with Crippen molar-refractivity contribution < 1.29 is 63.7 Å². The Morgan fingerprint density at radius 1 is 0.729 bits per heavy atom. The van der Waals surface area contributed by atoms with E-state index in [-0.39, 0.29) is 11.9 Å². The van der Waals surface area contributed by atoms with Gasteiger partial charge >= 0.3 is 11.9 Å². The zero-order valence-electron chi connectivity index (χ0n) is 31.6. The molecule has 2 aliphatic rings. The summed E-state index contributed by atoms with van der Waals surface area (Å²) in [5, 5.41) is 62.0. The topological polar surface area (TPSA) is 211 Å². The molecule has 0 radical (unpaired) electrons. The molecule has 14 heteroatoms. The molecule has 2 heterocycles. The number of rotatable bonds is 12. The minimum atomic E-state index is -3.95. The van der Waals surface area contributed by atoms with Crippen LogP contribution in [0.2, 0.25) is 0 Å². The maximum absolute atomic E-state index is 13.3. The highest BCUT2D eigenvalue weighted by Crippen LogP contribution is 2.40. The normalized spacial score (nSPS) is 19.2. The van der Waals surface area contributed by atoms with Crippen LogP contribution in [-0.4, -0.2) is 96.0 Å². The minimum Gasteiger partial charge on any atom is -0.491 e. The Hall–Kier alpha value is -6.29. The zero-order chi connectivity index (χ0) is 42.4. The number of hydrogen-bond acceptors (Lipinski definition) is 11. The van der Waals surface area contributed by atoms with Crippen molar-refractivity contribution in [3.63, 3.8) is 0 Å². The summed E-state index contributed by atoms with van der Waals surface area (Å²) in [5.74, 6) is -7.00. The van der Waals surface area contributed by atoms with E-state index in [0.717, 1.165) is 41.0 Å². The summed E-state index contributed by atoms with van der Waals surface area (Å²) in [5.41, 5.74) is -7.10. The molecule has 6 N–H and O–H groups in total. The lowest BCUT2D eigenvalue weighted by molar-refractivity contribution is -0.187. The first-order valence-corrected chi connectivity index (χ1v) is 18.6. The van der Waals surface area contributed by atoms with Crippen molar-refractivity contribution >= 4 is 23.5 Å². The fourth-order valence-electron chi connectivity index (χ4n) is 7.20. The number of nitrogens with zero attached hydrogens (tertiary/aromatic N) is 1. The Bertz CT molecular complexity index is 2190. The van der Waals surface area contributed by atoms with Gasteiger partial charge in [0.15, 0.2) is 0 Å². The second-order valence-electron chi connectivity index (χ2n) is 14.3. The first-order chi connectivity index (χ1) is 28.2. The molecule has 0 saturated carbocycles. The number of carbonyl (C=O) groups excluding carboxylic acids is 2. The number of fused-ring (bicyclic) bond motifs is 1. The highest BCUT2D eigenvalue weighted by atomic mass is 19.1. The molecule has 4 atom stereocenters. The number of hydrogen-bond donors (Lipinski definition) is 6. The molecule has 5 aromatic rings. The van der Waals surface area contributed by atoms with E-state index in [0.29, 0.717) is 50.6 Å². The quantitative estimate of drug-likeness (QED) is 0.0755. The molecule has 2 aliphatic heterocycles. The summed E-state index contributed by atoms with van der Waals surface area (Å²) in [4.78, 5) is 50.7. The summed E-state index contributed by atoms with van der Waals surface area (Å²) in [6, 6.07) is 34.2. The molecule has 0 amide bonds. The van der Waals surface area contributed by atoms with Gasteiger partial charge in [0, 0.05) is 35.8 Å². The number of aliphatic hydroxyl groups excluding tert-OH is 1. The lowest BCUT2D eigenvalue weighted by Gasteiger charge is -2.44. The molecule has 13 nitrogen and oxygen atoms in total. The van der Waals surface area contributed by atoms with E-state index in [2.05, 4.69) is 4.90 Å². The number of aliphatic carboxylic acids is 2. The van der Waals surface area contributed by atoms with E-state index in [1.165, 1.54) is 48.5 Å². The summed E-state index contributed by atoms with van der Waals surface area (Å²) < 4.78 is 25.2. The average Bonchev–Trinajstić information content (AvgIpc) is 3.26. The van der Waals surface area contributed by atoms with Crippen LogP contribution < -0.4 is 9.47 Å². The monoisotopic (exact) mass is 807 g/mol. The summed E-state index contributed by atoms with van der Waals surface area (Å²) >= 11 is 0. The molecule has 4 unspecified atom stereocenters. The van der Waals surface area contributed by atoms with Crippen LogP contribution in [0.15, 0.2) is 133 Å². The number of carboxylic acid groups (broad SMARTS) is 2. The van der Waals surface area contributed by atoms with Gasteiger partial charge in [0.05, 0.1) is 11.6 Å². The number of ketones is 2. The zero-order valence-corrected chi connectivity index (χ0v) is 31.6. The molecular formula is C45H42FNO12. The lowest BCUT2D eigenvalue weighted by Crippen LogP contribution is -2.71. The van der Waals surface area contributed by atoms with Crippen molar-refractivity contribution in [2.24, 2.45) is 0 Å². The molecule has 0 spiro atoms. The number of aliphatic hydroxyl groups is 4. The van der Waals surface area contributed by atoms with Crippen molar-refractivity contribution in [1.82, 2.24) is 4.90 Å². The van der Waals surface area contributed by atoms with Crippen LogP contribution in [0.5, 0.6) is 11.5 Å². The molecular weight excluding hydrogens is 765 g/mol. The van der Waals surface area contributed by atoms with Crippen LogP contribution in [0, 0.1) is 5.82 Å². The van der Waals surface area contributed by atoms with Crippen LogP contribution in [-0.2, 0) is 21.8 Å². The highest BCUT2D eigenvalue weighted by Gasteiger charge is 2.69. The third kappa shape index (κ3) is 8.63. The van der Waals surface area contributed by atoms with Crippen LogP contribution in [0.25, 0.3) is 0 Å². The van der Waals surface area contributed by atoms with Crippen LogP contribution >= 0.6 is 0 Å². The Morgan fingerprint density at radius 2 is 1.22 bits per heavy atom. The first-order valence-electron chi connectivity index (χ1n) is 18.6. The fraction of sp³-hybridized carbons (Fsp3) is 0.244. The summed E-state index contributed by atoms with van der Waals surface area (Å²) in [7, 11) is 0. The number of carbonyl (C=O) groups is 4. The molecule has 1 fully saturated rings. The van der Waals surface area contributed by atoms with E-state index in [4.69, 9.17) is 9.47 Å². The van der Waals surface area contributed by atoms with E-state index in [1.807, 2.05) is 48.5 Å². The van der Waals surface area contributed by atoms with E-state index < -0.39 is 57.5 Å². The maximum Gasteiger partial charge on any atom is 0.348 e. The molecule has 1 saturated heterocycles. The van der Waals surface area contributed by atoms with Gasteiger partial charge in [-0.1, -0.05) is 103 Å². The Labute approximate surface area is 338 Å². The van der Waals surface area contributed by atoms with E-state index >= 15 is 0 Å². The van der Waals surface area contributed by atoms with Gasteiger partial charge in [-0.2, -0.15) is 0 Å². The average molecular weight is 808 g/mol. The number of likely N-dealkylation sites (tertiary alicyclic amines) is 1. The van der Waals surface area contributed by atoms with Crippen LogP contribution in [0.1, 0.15) is 56.4 Å². The second kappa shape index (κ2) is 17.7. The van der Waals surface area contributed by atoms with Crippen molar-refractivity contribution in [2.45, 2.75) is 48.4 Å². The molecule has 0 bridgehead atoms. The van der Waals surface area contributed by atoms with Gasteiger partial charge in [0.1, 0.15) is 36.6 Å². The molecule has 5 aromatic carbocycles. The van der Waals surface area contributed by atoms with Gasteiger partial charge in [0.2, 0.25) is 11.6 Å². The number of piperidine rings is 1. The number of carboxylic acids is 2. The van der Waals surface area contributed by atoms with Crippen LogP contribution in [0.3, 0.4) is 0 Å². The third-order valence-electron chi connectivity index (χ3n) is 10.7. The van der Waals surface area contributed by atoms with Crippen molar-refractivity contribution in [1.29, 1.82) is 0 Å². The lowest BCUT2D eigenvalue weighted by atomic mass is 9.73. The molecule has 306 valence electrons. The predicted molar refractivity (Wildman–Crippen MR) is 209 cm³/mol. The number of Topliss-reactive ketones (excluding diaryl/α,β-unsaturated/α-hetero) is 2. The maximum atomic E-state index is 13.3. The van der Waals surface area contributed by atoms with Gasteiger partial charge in [0.25, 0.3) is 11.2 Å². The smallest absolute Gasteiger partial charge is 0.348 e. The molecule has 0 aliphatic carbocycles. The highest BCUT2D eigenvalue weighted by molar-refractivity contribution is 6.28. The standard InChI is InChI=1S/C27H28FNO4.C18H14O8/c28-21-8-6-20(7-9-21)27(31)12-14-29(15-13-27)24-18-33-25-16-22(10-11-23(25)26(24)30)32-17-19-4-2-1-3-5-19;19-13(11-7-3-1-4-8-11)17(25,15(21)22)18(26,16(23)24)14(20)12-9-5-2-6-10-12/h1-11,16,24,26,30-31H,12-15,17-18H2;1-10,25-26H,(H,21,22)(H,23,24). The largest absolute Gasteiger partial charge is 0.491 e. The summed E-state index contributed by atoms with van der Waals surface area (Å²) in [6.07, 6.45) is 0.344. The molecule has 0 aromatic heterocycles. The van der Waals surface area contributed by atoms with Gasteiger partial charge < -0.3 is 40.1 Å². The van der Waals surface area contributed by atoms with Crippen molar-refractivity contribution in [2.75, 3.05) is 19.7 Å². The van der Waals surface area contributed by atoms with Crippen molar-refractivity contribution in [3.8, 4) is 11.5 Å². The molecule has 59 heavy (non-hydrogen) atoms. The number of ether oxygens (including phenoxy) is 2. The first kappa shape index (κ1) is 42.3. The Kier molecular flexibility index (Phi) is 12.7. The summed E-state index contributed by atoms with van der Waals surface area (Å²) in [6.45, 7) is 2.07. The van der Waals surface area contributed by atoms with Gasteiger partial charge in [-0.05, 0) is 48.2 Å². The van der Waals surface area contributed by atoms with Gasteiger partial charge in [-0.15, -0.1) is 0 Å². The van der Waals surface area contributed by atoms with Crippen LogP contribution in [0.4, 0.5) is 4.39 Å². The predicted octanol–water partition coefficient (Wildman–Crippen LogP) is 4.57.